The highest BCUT2D eigenvalue weighted by Gasteiger charge is 2.40. The third kappa shape index (κ3) is 5.58. The molecule has 1 aliphatic rings. The standard InChI is InChI=1S/C23H28F2NO4PS2/c1-3-4-8-15-13-26(16-9-6-5-7-10-16)18-11-20(32-2)19(30-14-17(24)23(27)28)12-21(18)33(29,31)22(15)25/h5-7,9-12,14-15,22,33H,3-4,8,13,31H2,1-2H3,(H,27,28)/b17-14-/t15-,22-/m0/s1. The molecule has 2 aromatic carbocycles. The van der Waals surface area contributed by atoms with Crippen molar-refractivity contribution in [2.24, 2.45) is 5.92 Å². The fraction of sp³-hybridized carbons (Fsp3) is 0.348. The molecule has 0 radical (unpaired) electrons. The number of thiol groups is 1. The zero-order valence-corrected chi connectivity index (χ0v) is 21.3. The van der Waals surface area contributed by atoms with Gasteiger partial charge in [-0.3, -0.25) is 4.21 Å². The first kappa shape index (κ1) is 25.7. The van der Waals surface area contributed by atoms with Gasteiger partial charge in [0.1, 0.15) is 12.0 Å². The van der Waals surface area contributed by atoms with Crippen molar-refractivity contribution < 1.29 is 27.6 Å². The molecule has 0 saturated carbocycles. The lowest BCUT2D eigenvalue weighted by Crippen LogP contribution is -2.31. The predicted molar refractivity (Wildman–Crippen MR) is 135 cm³/mol. The summed E-state index contributed by atoms with van der Waals surface area (Å²) in [6.07, 6.45) is 4.59. The third-order valence-electron chi connectivity index (χ3n) is 5.59. The number of ether oxygens (including phenoxy) is 1. The molecule has 10 heteroatoms. The average Bonchev–Trinajstić information content (AvgIpc) is 2.89. The van der Waals surface area contributed by atoms with Gasteiger partial charge < -0.3 is 14.7 Å². The number of nitrogens with zero attached hydrogens (tertiary/aromatic N) is 1. The second kappa shape index (κ2) is 11.0. The topological polar surface area (TPSA) is 66.8 Å². The number of hydrogen-bond donors (Lipinski definition) is 2. The van der Waals surface area contributed by atoms with Crippen molar-refractivity contribution in [2.75, 3.05) is 17.7 Å². The van der Waals surface area contributed by atoms with Crippen LogP contribution in [0.3, 0.4) is 0 Å². The van der Waals surface area contributed by atoms with Crippen molar-refractivity contribution in [3.8, 4) is 5.75 Å². The van der Waals surface area contributed by atoms with E-state index in [0.717, 1.165) is 18.5 Å². The Hall–Kier alpha value is -1.96. The molecule has 2 aromatic rings. The highest BCUT2D eigenvalue weighted by molar-refractivity contribution is 8.45. The van der Waals surface area contributed by atoms with E-state index < -0.39 is 32.8 Å². The maximum Gasteiger partial charge on any atom is 0.368 e. The van der Waals surface area contributed by atoms with Crippen LogP contribution in [-0.2, 0) is 14.3 Å². The van der Waals surface area contributed by atoms with E-state index in [1.165, 1.54) is 17.8 Å². The zero-order chi connectivity index (χ0) is 24.2. The summed E-state index contributed by atoms with van der Waals surface area (Å²) in [6.45, 7) is 2.39. The van der Waals surface area contributed by atoms with Crippen LogP contribution < -0.4 is 9.64 Å². The summed E-state index contributed by atoms with van der Waals surface area (Å²) in [5.41, 5.74) is -0.141. The molecule has 0 amide bonds. The monoisotopic (exact) mass is 515 g/mol. The summed E-state index contributed by atoms with van der Waals surface area (Å²) in [5, 5.41) is 8.76. The van der Waals surface area contributed by atoms with E-state index in [9.17, 15) is 13.4 Å². The van der Waals surface area contributed by atoms with Gasteiger partial charge in [0.25, 0.3) is 0 Å². The number of anilines is 2. The molecule has 180 valence electrons. The molecule has 0 fully saturated rings. The van der Waals surface area contributed by atoms with Crippen LogP contribution in [0.1, 0.15) is 26.2 Å². The molecule has 3 atom stereocenters. The number of para-hydroxylation sites is 1. The Kier molecular flexibility index (Phi) is 8.54. The van der Waals surface area contributed by atoms with E-state index >= 15 is 4.39 Å². The average molecular weight is 516 g/mol. The fourth-order valence-electron chi connectivity index (χ4n) is 3.87. The Balaban J connectivity index is 2.20. The van der Waals surface area contributed by atoms with Crippen molar-refractivity contribution >= 4 is 47.1 Å². The quantitative estimate of drug-likeness (QED) is 0.146. The SMILES string of the molecule is CCCC[C@H]1CN(c2ccccc2)c2cc(SC)c(O/C=C(\F)C(=O)O)cc2[SH](=O)(P)[C@@H]1F. The Morgan fingerprint density at radius 1 is 1.36 bits per heavy atom. The van der Waals surface area contributed by atoms with Crippen LogP contribution in [0.5, 0.6) is 5.75 Å². The van der Waals surface area contributed by atoms with Gasteiger partial charge in [-0.05, 0) is 46.5 Å². The minimum absolute atomic E-state index is 0.118. The minimum atomic E-state index is -3.60. The zero-order valence-electron chi connectivity index (χ0n) is 18.4. The van der Waals surface area contributed by atoms with E-state index in [4.69, 9.17) is 9.84 Å². The first-order valence-electron chi connectivity index (χ1n) is 10.5. The first-order valence-corrected chi connectivity index (χ1v) is 15.2. The summed E-state index contributed by atoms with van der Waals surface area (Å²) in [6, 6.07) is 12.7. The van der Waals surface area contributed by atoms with E-state index in [-0.39, 0.29) is 10.6 Å². The maximum atomic E-state index is 15.8. The molecular weight excluding hydrogens is 487 g/mol. The number of carboxylic acid groups (broad SMARTS) is 1. The Bertz CT molecular complexity index is 1080. The van der Waals surface area contributed by atoms with Gasteiger partial charge in [0.2, 0.25) is 5.83 Å². The van der Waals surface area contributed by atoms with Gasteiger partial charge in [-0.1, -0.05) is 46.4 Å². The van der Waals surface area contributed by atoms with Gasteiger partial charge >= 0.3 is 5.97 Å². The van der Waals surface area contributed by atoms with Crippen molar-refractivity contribution in [2.45, 2.75) is 41.5 Å². The lowest BCUT2D eigenvalue weighted by Gasteiger charge is -2.28. The summed E-state index contributed by atoms with van der Waals surface area (Å²) in [5.74, 6) is -3.56. The molecule has 3 rings (SSSR count). The number of fused-ring (bicyclic) bond motifs is 1. The van der Waals surface area contributed by atoms with E-state index in [1.807, 2.05) is 42.2 Å². The van der Waals surface area contributed by atoms with Crippen LogP contribution >= 0.6 is 20.2 Å². The highest BCUT2D eigenvalue weighted by atomic mass is 32.8. The van der Waals surface area contributed by atoms with Gasteiger partial charge in [0.05, 0.1) is 10.6 Å². The molecule has 0 aromatic heterocycles. The van der Waals surface area contributed by atoms with E-state index in [0.29, 0.717) is 29.8 Å². The van der Waals surface area contributed by atoms with Crippen LogP contribution in [0.15, 0.2) is 64.3 Å². The Morgan fingerprint density at radius 3 is 2.67 bits per heavy atom. The van der Waals surface area contributed by atoms with Crippen molar-refractivity contribution in [3.63, 3.8) is 0 Å². The molecule has 0 bridgehead atoms. The predicted octanol–water partition coefficient (Wildman–Crippen LogP) is 6.10. The number of benzene rings is 2. The molecule has 1 N–H and O–H groups in total. The van der Waals surface area contributed by atoms with Crippen LogP contribution in [0, 0.1) is 5.92 Å². The van der Waals surface area contributed by atoms with Gasteiger partial charge in [-0.2, -0.15) is 4.39 Å². The van der Waals surface area contributed by atoms with Crippen molar-refractivity contribution in [1.82, 2.24) is 0 Å². The number of hydrogen-bond acceptors (Lipinski definition) is 5. The molecule has 33 heavy (non-hydrogen) atoms. The number of alkyl halides is 1. The summed E-state index contributed by atoms with van der Waals surface area (Å²) in [7, 11) is -1.36. The largest absolute Gasteiger partial charge is 0.476 e. The van der Waals surface area contributed by atoms with Crippen LogP contribution in [0.4, 0.5) is 20.2 Å². The number of thioether (sulfide) groups is 1. The van der Waals surface area contributed by atoms with Gasteiger partial charge in [0.15, 0.2) is 5.50 Å². The summed E-state index contributed by atoms with van der Waals surface area (Å²) in [4.78, 5) is 13.6. The molecule has 0 saturated heterocycles. The Labute approximate surface area is 200 Å². The van der Waals surface area contributed by atoms with E-state index in [2.05, 4.69) is 8.44 Å². The second-order valence-corrected chi connectivity index (χ2v) is 13.4. The van der Waals surface area contributed by atoms with Crippen LogP contribution in [-0.4, -0.2) is 33.6 Å². The Morgan fingerprint density at radius 2 is 2.06 bits per heavy atom. The lowest BCUT2D eigenvalue weighted by atomic mass is 10.0. The van der Waals surface area contributed by atoms with Gasteiger partial charge in [-0.15, -0.1) is 11.8 Å². The minimum Gasteiger partial charge on any atom is -0.476 e. The number of carboxylic acids is 1. The molecular formula is C23H28F2NO4PS2. The van der Waals surface area contributed by atoms with Gasteiger partial charge in [-0.25, -0.2) is 9.18 Å². The van der Waals surface area contributed by atoms with Crippen molar-refractivity contribution in [3.05, 3.63) is 54.6 Å². The van der Waals surface area contributed by atoms with Crippen molar-refractivity contribution in [1.29, 1.82) is 0 Å². The fourth-order valence-corrected chi connectivity index (χ4v) is 7.75. The summed E-state index contributed by atoms with van der Waals surface area (Å²) >= 11 is 1.31. The molecule has 1 aliphatic heterocycles. The molecule has 1 unspecified atom stereocenters. The normalized spacial score (nSPS) is 21.1. The van der Waals surface area contributed by atoms with Gasteiger partial charge in [0, 0.05) is 23.0 Å². The number of carbonyl (C=O) groups is 1. The summed E-state index contributed by atoms with van der Waals surface area (Å²) < 4.78 is 48.5. The maximum absolute atomic E-state index is 15.8. The lowest BCUT2D eigenvalue weighted by molar-refractivity contribution is -0.134. The molecule has 1 heterocycles. The molecule has 5 nitrogen and oxygen atoms in total. The number of unbranched alkanes of at least 4 members (excludes halogenated alkanes) is 1. The second-order valence-electron chi connectivity index (χ2n) is 7.81. The van der Waals surface area contributed by atoms with Crippen LogP contribution in [0.2, 0.25) is 0 Å². The smallest absolute Gasteiger partial charge is 0.368 e. The number of halogens is 2. The molecule has 0 aliphatic carbocycles. The number of aliphatic carboxylic acids is 1. The van der Waals surface area contributed by atoms with Crippen LogP contribution in [0.25, 0.3) is 0 Å². The number of rotatable bonds is 8. The highest BCUT2D eigenvalue weighted by Crippen LogP contribution is 2.50. The molecule has 0 spiro atoms. The van der Waals surface area contributed by atoms with E-state index in [1.54, 1.807) is 12.3 Å². The third-order valence-corrected chi connectivity index (χ3v) is 10.3. The first-order chi connectivity index (χ1) is 15.7.